The van der Waals surface area contributed by atoms with E-state index in [1.807, 2.05) is 6.07 Å². The highest BCUT2D eigenvalue weighted by molar-refractivity contribution is 5.96. The molecule has 0 atom stereocenters. The predicted molar refractivity (Wildman–Crippen MR) is 69.7 cm³/mol. The summed E-state index contributed by atoms with van der Waals surface area (Å²) in [6.07, 6.45) is 2.86. The summed E-state index contributed by atoms with van der Waals surface area (Å²) in [4.78, 5) is 16.0. The van der Waals surface area contributed by atoms with Gasteiger partial charge < -0.3 is 9.26 Å². The Bertz CT molecular complexity index is 563. The van der Waals surface area contributed by atoms with Gasteiger partial charge in [0.05, 0.1) is 18.2 Å². The van der Waals surface area contributed by atoms with E-state index in [2.05, 4.69) is 17.1 Å². The highest BCUT2D eigenvalue weighted by Gasteiger charge is 2.17. The van der Waals surface area contributed by atoms with Crippen molar-refractivity contribution in [3.8, 4) is 11.5 Å². The number of unbranched alkanes of at least 4 members (excludes halogenated alkanes) is 1. The fourth-order valence-corrected chi connectivity index (χ4v) is 1.76. The van der Waals surface area contributed by atoms with Gasteiger partial charge in [0, 0.05) is 6.42 Å². The van der Waals surface area contributed by atoms with Crippen molar-refractivity contribution in [3.63, 3.8) is 0 Å². The van der Waals surface area contributed by atoms with Crippen LogP contribution in [0.25, 0.3) is 11.5 Å². The molecule has 0 aliphatic heterocycles. The van der Waals surface area contributed by atoms with E-state index in [0.717, 1.165) is 19.3 Å². The predicted octanol–water partition coefficient (Wildman–Crippen LogP) is 2.87. The number of carbonyl (C=O) groups is 1. The monoisotopic (exact) mass is 260 g/mol. The summed E-state index contributed by atoms with van der Waals surface area (Å²) in [5.74, 6) is 0.604. The molecule has 2 rings (SSSR count). The molecule has 0 aliphatic carbocycles. The van der Waals surface area contributed by atoms with Crippen molar-refractivity contribution in [3.05, 3.63) is 35.7 Å². The molecule has 1 aromatic carbocycles. The van der Waals surface area contributed by atoms with E-state index < -0.39 is 5.97 Å². The molecule has 0 spiro atoms. The molecule has 0 N–H and O–H groups in total. The van der Waals surface area contributed by atoms with Crippen molar-refractivity contribution < 1.29 is 14.1 Å². The number of esters is 1. The number of carbonyl (C=O) groups excluding carboxylic acids is 1. The number of aryl methyl sites for hydroxylation is 1. The molecule has 5 heteroatoms. The maximum atomic E-state index is 11.7. The molecule has 100 valence electrons. The number of benzene rings is 1. The van der Waals surface area contributed by atoms with Gasteiger partial charge in [-0.15, -0.1) is 0 Å². The first kappa shape index (κ1) is 13.3. The first-order valence-electron chi connectivity index (χ1n) is 6.26. The van der Waals surface area contributed by atoms with Gasteiger partial charge in [0.1, 0.15) is 0 Å². The maximum absolute atomic E-state index is 11.7. The Hall–Kier alpha value is -2.17. The molecular formula is C14H16N2O3. The fourth-order valence-electron chi connectivity index (χ4n) is 1.76. The molecule has 0 radical (unpaired) electrons. The summed E-state index contributed by atoms with van der Waals surface area (Å²) in [6, 6.07) is 7.03. The van der Waals surface area contributed by atoms with Gasteiger partial charge in [0.15, 0.2) is 5.82 Å². The lowest BCUT2D eigenvalue weighted by Gasteiger charge is -2.02. The lowest BCUT2D eigenvalue weighted by Crippen LogP contribution is -2.03. The minimum absolute atomic E-state index is 0.354. The number of rotatable bonds is 5. The average molecular weight is 260 g/mol. The standard InChI is InChI=1S/C14H16N2O3/c1-3-4-9-12-15-13(19-16-12)10-7-5-6-8-11(10)14(17)18-2/h5-8H,3-4,9H2,1-2H3. The average Bonchev–Trinajstić information content (AvgIpc) is 2.93. The Labute approximate surface area is 111 Å². The molecule has 0 saturated heterocycles. The van der Waals surface area contributed by atoms with Gasteiger partial charge in [-0.1, -0.05) is 30.6 Å². The van der Waals surface area contributed by atoms with Crippen molar-refractivity contribution in [1.82, 2.24) is 10.1 Å². The van der Waals surface area contributed by atoms with Crippen LogP contribution in [0, 0.1) is 0 Å². The van der Waals surface area contributed by atoms with Crippen molar-refractivity contribution in [2.75, 3.05) is 7.11 Å². The SMILES string of the molecule is CCCCc1noc(-c2ccccc2C(=O)OC)n1. The number of hydrogen-bond acceptors (Lipinski definition) is 5. The Balaban J connectivity index is 2.31. The molecule has 0 unspecified atom stereocenters. The molecule has 19 heavy (non-hydrogen) atoms. The third-order valence-corrected chi connectivity index (χ3v) is 2.78. The van der Waals surface area contributed by atoms with E-state index in [0.29, 0.717) is 22.8 Å². The Morgan fingerprint density at radius 2 is 2.16 bits per heavy atom. The zero-order valence-corrected chi connectivity index (χ0v) is 11.0. The summed E-state index contributed by atoms with van der Waals surface area (Å²) in [7, 11) is 1.35. The zero-order valence-electron chi connectivity index (χ0n) is 11.0. The summed E-state index contributed by atoms with van der Waals surface area (Å²) >= 11 is 0. The normalized spacial score (nSPS) is 10.4. The molecule has 1 aromatic heterocycles. The number of ether oxygens (including phenoxy) is 1. The van der Waals surface area contributed by atoms with Crippen LogP contribution < -0.4 is 0 Å². The quantitative estimate of drug-likeness (QED) is 0.773. The number of aromatic nitrogens is 2. The maximum Gasteiger partial charge on any atom is 0.338 e. The molecule has 0 aliphatic rings. The number of hydrogen-bond donors (Lipinski definition) is 0. The molecule has 5 nitrogen and oxygen atoms in total. The van der Waals surface area contributed by atoms with E-state index in [1.165, 1.54) is 7.11 Å². The lowest BCUT2D eigenvalue weighted by molar-refractivity contribution is 0.0601. The second-order valence-corrected chi connectivity index (χ2v) is 4.16. The highest BCUT2D eigenvalue weighted by Crippen LogP contribution is 2.22. The molecule has 0 bridgehead atoms. The molecular weight excluding hydrogens is 244 g/mol. The largest absolute Gasteiger partial charge is 0.465 e. The van der Waals surface area contributed by atoms with Crippen LogP contribution in [-0.2, 0) is 11.2 Å². The van der Waals surface area contributed by atoms with Crippen LogP contribution in [0.4, 0.5) is 0 Å². The molecule has 2 aromatic rings. The smallest absolute Gasteiger partial charge is 0.338 e. The van der Waals surface area contributed by atoms with Gasteiger partial charge in [-0.25, -0.2) is 4.79 Å². The van der Waals surface area contributed by atoms with E-state index in [-0.39, 0.29) is 0 Å². The van der Waals surface area contributed by atoms with Crippen LogP contribution in [0.1, 0.15) is 35.9 Å². The zero-order chi connectivity index (χ0) is 13.7. The molecule has 0 fully saturated rings. The minimum atomic E-state index is -0.413. The van der Waals surface area contributed by atoms with E-state index in [1.54, 1.807) is 18.2 Å². The second kappa shape index (κ2) is 6.13. The summed E-state index contributed by atoms with van der Waals surface area (Å²) in [5.41, 5.74) is 1.03. The first-order valence-corrected chi connectivity index (χ1v) is 6.26. The van der Waals surface area contributed by atoms with Gasteiger partial charge in [0.2, 0.25) is 0 Å². The van der Waals surface area contributed by atoms with Gasteiger partial charge in [-0.2, -0.15) is 4.98 Å². The Morgan fingerprint density at radius 1 is 1.37 bits per heavy atom. The molecule has 0 saturated carbocycles. The molecule has 0 amide bonds. The fraction of sp³-hybridized carbons (Fsp3) is 0.357. The van der Waals surface area contributed by atoms with Crippen molar-refractivity contribution in [2.45, 2.75) is 26.2 Å². The number of nitrogens with zero attached hydrogens (tertiary/aromatic N) is 2. The number of methoxy groups -OCH3 is 1. The third-order valence-electron chi connectivity index (χ3n) is 2.78. The van der Waals surface area contributed by atoms with Crippen molar-refractivity contribution in [1.29, 1.82) is 0 Å². The summed E-state index contributed by atoms with van der Waals surface area (Å²) < 4.78 is 9.96. The van der Waals surface area contributed by atoms with E-state index >= 15 is 0 Å². The topological polar surface area (TPSA) is 65.2 Å². The van der Waals surface area contributed by atoms with Gasteiger partial charge >= 0.3 is 5.97 Å². The van der Waals surface area contributed by atoms with E-state index in [9.17, 15) is 4.79 Å². The highest BCUT2D eigenvalue weighted by atomic mass is 16.5. The lowest BCUT2D eigenvalue weighted by atomic mass is 10.1. The third kappa shape index (κ3) is 2.99. The van der Waals surface area contributed by atoms with Crippen LogP contribution in [-0.4, -0.2) is 23.2 Å². The summed E-state index contributed by atoms with van der Waals surface area (Å²) in [6.45, 7) is 2.10. The van der Waals surface area contributed by atoms with Crippen molar-refractivity contribution >= 4 is 5.97 Å². The van der Waals surface area contributed by atoms with Gasteiger partial charge in [-0.3, -0.25) is 0 Å². The van der Waals surface area contributed by atoms with Gasteiger partial charge in [-0.05, 0) is 18.6 Å². The minimum Gasteiger partial charge on any atom is -0.465 e. The summed E-state index contributed by atoms with van der Waals surface area (Å²) in [5, 5.41) is 3.92. The first-order chi connectivity index (χ1) is 9.26. The van der Waals surface area contributed by atoms with Crippen LogP contribution in [0.5, 0.6) is 0 Å². The van der Waals surface area contributed by atoms with Crippen molar-refractivity contribution in [2.24, 2.45) is 0 Å². The second-order valence-electron chi connectivity index (χ2n) is 4.16. The molecule has 1 heterocycles. The Morgan fingerprint density at radius 3 is 2.89 bits per heavy atom. The van der Waals surface area contributed by atoms with E-state index in [4.69, 9.17) is 9.26 Å². The Kier molecular flexibility index (Phi) is 4.28. The van der Waals surface area contributed by atoms with Crippen LogP contribution in [0.15, 0.2) is 28.8 Å². The van der Waals surface area contributed by atoms with Gasteiger partial charge in [0.25, 0.3) is 5.89 Å². The van der Waals surface area contributed by atoms with Crippen LogP contribution >= 0.6 is 0 Å². The van der Waals surface area contributed by atoms with Crippen LogP contribution in [0.2, 0.25) is 0 Å². The van der Waals surface area contributed by atoms with Crippen LogP contribution in [0.3, 0.4) is 0 Å².